The van der Waals surface area contributed by atoms with Crippen molar-refractivity contribution in [3.05, 3.63) is 89.2 Å². The molecule has 4 rings (SSSR count). The fourth-order valence-corrected chi connectivity index (χ4v) is 3.88. The molecule has 1 nitrogen and oxygen atoms in total. The van der Waals surface area contributed by atoms with Gasteiger partial charge in [-0.2, -0.15) is 11.1 Å². The Kier molecular flexibility index (Phi) is 19.3. The summed E-state index contributed by atoms with van der Waals surface area (Å²) in [6.45, 7) is 13.1. The van der Waals surface area contributed by atoms with E-state index >= 15 is 0 Å². The summed E-state index contributed by atoms with van der Waals surface area (Å²) in [4.78, 5) is 0. The molecular weight excluding hydrogens is 462 g/mol. The fraction of sp³-hybridized carbons (Fsp3) is 0.484. The van der Waals surface area contributed by atoms with Crippen LogP contribution >= 0.6 is 0 Å². The molecule has 2 aromatic rings. The standard InChI is InChI=1S/C12H10.C9H13.C8H16N.C2H7Si.Ti/c1-3-7-11(8-4-1)12-9-5-2-6-10-12;1-6-5-7(2)9(4)8(6)3;9-8-6-4-2-1-3-5-7-8;1-3-2;/h1-10H;6H,1-4H3;8-9H,1-7H2;3H,1-2H3;/q;2*-1;;+2. The van der Waals surface area contributed by atoms with Crippen molar-refractivity contribution in [3.63, 3.8) is 0 Å². The van der Waals surface area contributed by atoms with Crippen molar-refractivity contribution in [2.24, 2.45) is 5.92 Å². The van der Waals surface area contributed by atoms with Crippen LogP contribution in [0.15, 0.2) is 77.4 Å². The molecule has 1 N–H and O–H groups in total. The Morgan fingerprint density at radius 3 is 1.41 bits per heavy atom. The first kappa shape index (κ1) is 32.8. The average Bonchev–Trinajstić information content (AvgIpc) is 3.04. The van der Waals surface area contributed by atoms with Crippen molar-refractivity contribution in [2.75, 3.05) is 0 Å². The second-order valence-electron chi connectivity index (χ2n) is 9.15. The van der Waals surface area contributed by atoms with Crippen LogP contribution < -0.4 is 0 Å². The van der Waals surface area contributed by atoms with E-state index in [2.05, 4.69) is 95.4 Å². The Labute approximate surface area is 228 Å². The predicted molar refractivity (Wildman–Crippen MR) is 151 cm³/mol. The molecule has 0 aliphatic heterocycles. The number of hydrogen-bond acceptors (Lipinski definition) is 0. The van der Waals surface area contributed by atoms with E-state index in [1.165, 1.54) is 60.0 Å². The maximum Gasteiger partial charge on any atom is 2.00 e. The summed E-state index contributed by atoms with van der Waals surface area (Å²) in [5.74, 6) is 0.560. The molecule has 3 heteroatoms. The molecule has 0 spiro atoms. The molecule has 0 saturated heterocycles. The van der Waals surface area contributed by atoms with Gasteiger partial charge in [-0.25, -0.2) is 5.57 Å². The van der Waals surface area contributed by atoms with Gasteiger partial charge in [0.05, 0.1) is 0 Å². The van der Waals surface area contributed by atoms with E-state index in [1.807, 2.05) is 12.1 Å². The zero-order chi connectivity index (χ0) is 24.5. The molecule has 0 heterocycles. The van der Waals surface area contributed by atoms with Gasteiger partial charge in [0.2, 0.25) is 0 Å². The first-order chi connectivity index (χ1) is 15.9. The summed E-state index contributed by atoms with van der Waals surface area (Å²) in [7, 11) is 0.750. The Morgan fingerprint density at radius 1 is 0.735 bits per heavy atom. The summed E-state index contributed by atoms with van der Waals surface area (Å²) < 4.78 is 0. The van der Waals surface area contributed by atoms with Crippen LogP contribution in [0, 0.1) is 12.0 Å². The van der Waals surface area contributed by atoms with E-state index in [4.69, 9.17) is 5.73 Å². The van der Waals surface area contributed by atoms with Gasteiger partial charge < -0.3 is 5.73 Å². The van der Waals surface area contributed by atoms with Crippen LogP contribution in [0.5, 0.6) is 0 Å². The zero-order valence-electron chi connectivity index (χ0n) is 22.5. The van der Waals surface area contributed by atoms with Crippen molar-refractivity contribution in [2.45, 2.75) is 91.8 Å². The van der Waals surface area contributed by atoms with Gasteiger partial charge in [-0.1, -0.05) is 145 Å². The van der Waals surface area contributed by atoms with E-state index in [1.54, 1.807) is 0 Å². The van der Waals surface area contributed by atoms with Gasteiger partial charge in [0.25, 0.3) is 0 Å². The first-order valence-corrected chi connectivity index (χ1v) is 15.0. The van der Waals surface area contributed by atoms with Crippen molar-refractivity contribution in [1.29, 1.82) is 0 Å². The summed E-state index contributed by atoms with van der Waals surface area (Å²) in [6, 6.07) is 21.1. The minimum Gasteiger partial charge on any atom is -0.675 e. The van der Waals surface area contributed by atoms with Crippen LogP contribution in [0.1, 0.15) is 72.6 Å². The monoisotopic (exact) mass is 508 g/mol. The molecule has 2 aliphatic rings. The smallest absolute Gasteiger partial charge is 0.675 e. The largest absolute Gasteiger partial charge is 2.00 e. The van der Waals surface area contributed by atoms with Crippen molar-refractivity contribution >= 4 is 9.52 Å². The second kappa shape index (κ2) is 20.0. The number of allylic oxidation sites excluding steroid dienone is 4. The maximum absolute atomic E-state index is 7.51. The number of hydrogen-bond donors (Lipinski definition) is 0. The third kappa shape index (κ3) is 13.6. The molecule has 1 radical (unpaired) electrons. The van der Waals surface area contributed by atoms with Crippen LogP contribution in [-0.2, 0) is 21.7 Å². The quantitative estimate of drug-likeness (QED) is 0.270. The Balaban J connectivity index is 0.000000454. The molecular formula is C31H46NSiTi. The minimum absolute atomic E-state index is 0. The van der Waals surface area contributed by atoms with Crippen LogP contribution in [0.4, 0.5) is 0 Å². The summed E-state index contributed by atoms with van der Waals surface area (Å²) in [5.41, 5.74) is 14.3. The topological polar surface area (TPSA) is 23.8 Å². The van der Waals surface area contributed by atoms with Crippen molar-refractivity contribution in [1.82, 2.24) is 0 Å². The van der Waals surface area contributed by atoms with Crippen LogP contribution in [0.25, 0.3) is 16.9 Å². The van der Waals surface area contributed by atoms with E-state index in [0.29, 0.717) is 5.92 Å². The molecule has 183 valence electrons. The van der Waals surface area contributed by atoms with Crippen LogP contribution in [-0.4, -0.2) is 15.6 Å². The van der Waals surface area contributed by atoms with Crippen LogP contribution in [0.2, 0.25) is 13.1 Å². The molecule has 1 saturated carbocycles. The van der Waals surface area contributed by atoms with Gasteiger partial charge in [-0.15, -0.1) is 13.0 Å². The van der Waals surface area contributed by atoms with Gasteiger partial charge in [-0.05, 0) is 11.1 Å². The summed E-state index contributed by atoms with van der Waals surface area (Å²) in [6.07, 6.45) is 12.4. The second-order valence-corrected chi connectivity index (χ2v) is 10.3. The summed E-state index contributed by atoms with van der Waals surface area (Å²) >= 11 is 0. The molecule has 1 unspecified atom stereocenters. The molecule has 1 atom stereocenters. The molecule has 2 aromatic carbocycles. The minimum atomic E-state index is 0. The molecule has 1 fully saturated rings. The van der Waals surface area contributed by atoms with Gasteiger partial charge in [0.15, 0.2) is 0 Å². The SMILES string of the molecule is CC1=[C-]C(C)C(C)=C1C.C[SiH]C.[NH-]C1CCCCCCC1.[Ti+2].c1ccc(-c2ccccc2)cc1. The third-order valence-corrected chi connectivity index (χ3v) is 6.22. The average molecular weight is 509 g/mol. The van der Waals surface area contributed by atoms with E-state index in [0.717, 1.165) is 22.4 Å². The first-order valence-electron chi connectivity index (χ1n) is 12.7. The van der Waals surface area contributed by atoms with E-state index < -0.39 is 0 Å². The molecule has 34 heavy (non-hydrogen) atoms. The zero-order valence-corrected chi connectivity index (χ0v) is 25.2. The summed E-state index contributed by atoms with van der Waals surface area (Å²) in [5, 5.41) is 0. The molecule has 2 aliphatic carbocycles. The van der Waals surface area contributed by atoms with E-state index in [-0.39, 0.29) is 27.8 Å². The predicted octanol–water partition coefficient (Wildman–Crippen LogP) is 9.74. The van der Waals surface area contributed by atoms with E-state index in [9.17, 15) is 0 Å². The Morgan fingerprint density at radius 2 is 1.12 bits per heavy atom. The number of nitrogens with one attached hydrogen (secondary N) is 1. The van der Waals surface area contributed by atoms with Crippen LogP contribution in [0.3, 0.4) is 0 Å². The molecule has 0 amide bonds. The fourth-order valence-electron chi connectivity index (χ4n) is 3.88. The number of benzene rings is 2. The Bertz CT molecular complexity index is 768. The normalized spacial score (nSPS) is 17.7. The third-order valence-electron chi connectivity index (χ3n) is 6.22. The van der Waals surface area contributed by atoms with Gasteiger partial charge >= 0.3 is 21.7 Å². The molecule has 0 aromatic heterocycles. The Hall–Kier alpha value is -1.19. The maximum atomic E-state index is 7.51. The van der Waals surface area contributed by atoms with Crippen molar-refractivity contribution in [3.8, 4) is 11.1 Å². The molecule has 0 bridgehead atoms. The van der Waals surface area contributed by atoms with Crippen molar-refractivity contribution < 1.29 is 21.7 Å². The van der Waals surface area contributed by atoms with Gasteiger partial charge in [0.1, 0.15) is 0 Å². The van der Waals surface area contributed by atoms with Gasteiger partial charge in [0, 0.05) is 9.52 Å². The number of rotatable bonds is 1. The van der Waals surface area contributed by atoms with Gasteiger partial charge in [-0.3, -0.25) is 6.08 Å².